The van der Waals surface area contributed by atoms with Gasteiger partial charge in [-0.2, -0.15) is 0 Å². The number of hydrogen-bond acceptors (Lipinski definition) is 5. The van der Waals surface area contributed by atoms with Crippen LogP contribution in [0.3, 0.4) is 0 Å². The molecule has 0 fully saturated rings. The summed E-state index contributed by atoms with van der Waals surface area (Å²) in [4.78, 5) is 29.6. The fourth-order valence-corrected chi connectivity index (χ4v) is 4.24. The number of carbonyl (C=O) groups is 1. The van der Waals surface area contributed by atoms with Crippen molar-refractivity contribution in [3.63, 3.8) is 0 Å². The van der Waals surface area contributed by atoms with Crippen molar-refractivity contribution in [1.29, 1.82) is 0 Å². The second-order valence-corrected chi connectivity index (χ2v) is 7.65. The van der Waals surface area contributed by atoms with Crippen LogP contribution in [-0.4, -0.2) is 22.6 Å². The lowest BCUT2D eigenvalue weighted by atomic mass is 10.1. The highest BCUT2D eigenvalue weighted by molar-refractivity contribution is 7.22. The van der Waals surface area contributed by atoms with Crippen LogP contribution in [-0.2, 0) is 11.3 Å². The number of nitrogens with one attached hydrogen (secondary N) is 1. The average molecular weight is 393 g/mol. The van der Waals surface area contributed by atoms with Crippen molar-refractivity contribution in [2.75, 3.05) is 12.4 Å². The minimum atomic E-state index is -0.290. The van der Waals surface area contributed by atoms with Crippen LogP contribution < -0.4 is 15.6 Å². The predicted octanol–water partition coefficient (Wildman–Crippen LogP) is 3.88. The van der Waals surface area contributed by atoms with Gasteiger partial charge >= 0.3 is 0 Å². The van der Waals surface area contributed by atoms with E-state index in [9.17, 15) is 9.59 Å². The Morgan fingerprint density at radius 3 is 2.79 bits per heavy atom. The first-order chi connectivity index (χ1) is 13.5. The van der Waals surface area contributed by atoms with Crippen molar-refractivity contribution >= 4 is 43.5 Å². The number of ether oxygens (including phenoxy) is 1. The third-order valence-electron chi connectivity index (χ3n) is 4.68. The average Bonchev–Trinajstić information content (AvgIpc) is 3.06. The van der Waals surface area contributed by atoms with Gasteiger partial charge in [0.1, 0.15) is 12.3 Å². The third kappa shape index (κ3) is 3.25. The summed E-state index contributed by atoms with van der Waals surface area (Å²) in [5.41, 5.74) is 3.24. The molecule has 0 bridgehead atoms. The monoisotopic (exact) mass is 393 g/mol. The quantitative estimate of drug-likeness (QED) is 0.571. The SMILES string of the molecule is COc1ccc2nc(NC(=O)Cn3c(=O)cc(C)c4cccc(C)c43)sc2c1. The Morgan fingerprint density at radius 2 is 2.00 bits per heavy atom. The Morgan fingerprint density at radius 1 is 1.18 bits per heavy atom. The van der Waals surface area contributed by atoms with Crippen LogP contribution in [0.5, 0.6) is 5.75 Å². The van der Waals surface area contributed by atoms with E-state index in [1.54, 1.807) is 13.2 Å². The molecule has 28 heavy (non-hydrogen) atoms. The zero-order valence-electron chi connectivity index (χ0n) is 15.8. The van der Waals surface area contributed by atoms with Crippen molar-refractivity contribution in [3.05, 3.63) is 63.9 Å². The van der Waals surface area contributed by atoms with Gasteiger partial charge in [0.2, 0.25) is 5.91 Å². The summed E-state index contributed by atoms with van der Waals surface area (Å²) < 4.78 is 7.66. The van der Waals surface area contributed by atoms with Crippen molar-refractivity contribution in [1.82, 2.24) is 9.55 Å². The molecule has 0 spiro atoms. The van der Waals surface area contributed by atoms with Gasteiger partial charge in [0.25, 0.3) is 5.56 Å². The van der Waals surface area contributed by atoms with Gasteiger partial charge in [0, 0.05) is 11.5 Å². The number of para-hydroxylation sites is 1. The second kappa shape index (κ2) is 7.09. The molecule has 0 radical (unpaired) electrons. The minimum Gasteiger partial charge on any atom is -0.497 e. The highest BCUT2D eigenvalue weighted by atomic mass is 32.1. The van der Waals surface area contributed by atoms with Crippen LogP contribution in [0.2, 0.25) is 0 Å². The molecule has 6 nitrogen and oxygen atoms in total. The van der Waals surface area contributed by atoms with Gasteiger partial charge in [-0.25, -0.2) is 4.98 Å². The zero-order valence-corrected chi connectivity index (χ0v) is 16.6. The molecule has 7 heteroatoms. The number of aryl methyl sites for hydroxylation is 2. The van der Waals surface area contributed by atoms with E-state index in [4.69, 9.17) is 4.74 Å². The van der Waals surface area contributed by atoms with Crippen LogP contribution in [0.1, 0.15) is 11.1 Å². The highest BCUT2D eigenvalue weighted by Gasteiger charge is 2.14. The molecular formula is C21H19N3O3S. The summed E-state index contributed by atoms with van der Waals surface area (Å²) in [6, 6.07) is 13.0. The van der Waals surface area contributed by atoms with Crippen LogP contribution in [0, 0.1) is 13.8 Å². The fourth-order valence-electron chi connectivity index (χ4n) is 3.33. The summed E-state index contributed by atoms with van der Waals surface area (Å²) in [6.07, 6.45) is 0. The smallest absolute Gasteiger partial charge is 0.251 e. The lowest BCUT2D eigenvalue weighted by Crippen LogP contribution is -2.28. The first-order valence-electron chi connectivity index (χ1n) is 8.80. The van der Waals surface area contributed by atoms with Crippen LogP contribution >= 0.6 is 11.3 Å². The Balaban J connectivity index is 1.65. The Hall–Kier alpha value is -3.19. The van der Waals surface area contributed by atoms with E-state index in [1.165, 1.54) is 15.9 Å². The van der Waals surface area contributed by atoms with Gasteiger partial charge in [-0.15, -0.1) is 0 Å². The van der Waals surface area contributed by atoms with E-state index in [0.29, 0.717) is 5.13 Å². The molecule has 2 heterocycles. The zero-order chi connectivity index (χ0) is 19.8. The van der Waals surface area contributed by atoms with E-state index in [0.717, 1.165) is 38.0 Å². The molecule has 1 amide bonds. The number of aromatic nitrogens is 2. The maximum Gasteiger partial charge on any atom is 0.251 e. The minimum absolute atomic E-state index is 0.0697. The number of methoxy groups -OCH3 is 1. The summed E-state index contributed by atoms with van der Waals surface area (Å²) in [5, 5.41) is 4.28. The van der Waals surface area contributed by atoms with Crippen LogP contribution in [0.4, 0.5) is 5.13 Å². The lowest BCUT2D eigenvalue weighted by molar-refractivity contribution is -0.116. The standard InChI is InChI=1S/C21H19N3O3S/c1-12-5-4-6-15-13(2)9-19(26)24(20(12)15)11-18(25)23-21-22-16-8-7-14(27-3)10-17(16)28-21/h4-10H,11H2,1-3H3,(H,22,23,25). The Bertz CT molecular complexity index is 1270. The highest BCUT2D eigenvalue weighted by Crippen LogP contribution is 2.29. The molecule has 4 rings (SSSR count). The number of anilines is 1. The van der Waals surface area contributed by atoms with Gasteiger partial charge in [0.05, 0.1) is 22.8 Å². The number of thiazole rings is 1. The normalized spacial score (nSPS) is 11.1. The number of rotatable bonds is 4. The molecular weight excluding hydrogens is 374 g/mol. The number of amides is 1. The van der Waals surface area contributed by atoms with Gasteiger partial charge in [-0.3, -0.25) is 14.2 Å². The maximum atomic E-state index is 12.6. The Labute approximate surface area is 165 Å². The van der Waals surface area contributed by atoms with Crippen molar-refractivity contribution in [3.8, 4) is 5.75 Å². The van der Waals surface area contributed by atoms with Crippen LogP contribution in [0.25, 0.3) is 21.1 Å². The lowest BCUT2D eigenvalue weighted by Gasteiger charge is -2.13. The summed E-state index contributed by atoms with van der Waals surface area (Å²) in [7, 11) is 1.61. The molecule has 2 aromatic carbocycles. The number of benzene rings is 2. The summed E-state index contributed by atoms with van der Waals surface area (Å²) in [5.74, 6) is 0.448. The molecule has 142 valence electrons. The summed E-state index contributed by atoms with van der Waals surface area (Å²) in [6.45, 7) is 3.78. The predicted molar refractivity (Wildman–Crippen MR) is 112 cm³/mol. The molecule has 4 aromatic rings. The van der Waals surface area contributed by atoms with Crippen LogP contribution in [0.15, 0.2) is 47.3 Å². The molecule has 0 aliphatic heterocycles. The number of pyridine rings is 1. The molecule has 0 saturated heterocycles. The van der Waals surface area contributed by atoms with Gasteiger partial charge in [0.15, 0.2) is 5.13 Å². The third-order valence-corrected chi connectivity index (χ3v) is 5.62. The maximum absolute atomic E-state index is 12.6. The Kier molecular flexibility index (Phi) is 4.60. The molecule has 0 unspecified atom stereocenters. The molecule has 2 aromatic heterocycles. The first-order valence-corrected chi connectivity index (χ1v) is 9.62. The van der Waals surface area contributed by atoms with Crippen molar-refractivity contribution < 1.29 is 9.53 Å². The molecule has 1 N–H and O–H groups in total. The van der Waals surface area contributed by atoms with E-state index in [2.05, 4.69) is 10.3 Å². The van der Waals surface area contributed by atoms with Crippen molar-refractivity contribution in [2.45, 2.75) is 20.4 Å². The molecule has 0 aliphatic rings. The topological polar surface area (TPSA) is 73.2 Å². The van der Waals surface area contributed by atoms with E-state index in [1.807, 2.05) is 50.2 Å². The van der Waals surface area contributed by atoms with E-state index >= 15 is 0 Å². The fraction of sp³-hybridized carbons (Fsp3) is 0.190. The van der Waals surface area contributed by atoms with E-state index in [-0.39, 0.29) is 18.0 Å². The van der Waals surface area contributed by atoms with Gasteiger partial charge < -0.3 is 10.1 Å². The molecule has 0 atom stereocenters. The molecule has 0 saturated carbocycles. The number of carbonyl (C=O) groups excluding carboxylic acids is 1. The number of nitrogens with zero attached hydrogens (tertiary/aromatic N) is 2. The number of fused-ring (bicyclic) bond motifs is 2. The second-order valence-electron chi connectivity index (χ2n) is 6.62. The molecule has 0 aliphatic carbocycles. The van der Waals surface area contributed by atoms with Gasteiger partial charge in [-0.1, -0.05) is 29.5 Å². The van der Waals surface area contributed by atoms with Crippen molar-refractivity contribution in [2.24, 2.45) is 0 Å². The largest absolute Gasteiger partial charge is 0.497 e. The number of hydrogen-bond donors (Lipinski definition) is 1. The summed E-state index contributed by atoms with van der Waals surface area (Å²) >= 11 is 1.37. The van der Waals surface area contributed by atoms with E-state index < -0.39 is 0 Å². The first kappa shape index (κ1) is 18.2. The van der Waals surface area contributed by atoms with Gasteiger partial charge in [-0.05, 0) is 43.2 Å².